The Hall–Kier alpha value is -3.42. The van der Waals surface area contributed by atoms with E-state index in [2.05, 4.69) is 9.80 Å². The highest BCUT2D eigenvalue weighted by molar-refractivity contribution is 5.82. The maximum atomic E-state index is 13.6. The highest BCUT2D eigenvalue weighted by Crippen LogP contribution is 2.40. The number of amides is 1. The molecule has 2 atom stereocenters. The molecule has 2 aliphatic rings. The first-order chi connectivity index (χ1) is 16.3. The van der Waals surface area contributed by atoms with E-state index in [0.717, 1.165) is 24.0 Å². The van der Waals surface area contributed by atoms with Crippen molar-refractivity contribution in [2.24, 2.45) is 5.92 Å². The van der Waals surface area contributed by atoms with Crippen molar-refractivity contribution < 1.29 is 22.4 Å². The van der Waals surface area contributed by atoms with Crippen LogP contribution in [0.15, 0.2) is 71.3 Å². The van der Waals surface area contributed by atoms with Gasteiger partial charge in [0, 0.05) is 38.1 Å². The number of halogens is 3. The molecule has 1 saturated heterocycles. The van der Waals surface area contributed by atoms with E-state index < -0.39 is 17.7 Å². The lowest BCUT2D eigenvalue weighted by Gasteiger charge is -2.50. The van der Waals surface area contributed by atoms with Gasteiger partial charge in [-0.3, -0.25) is 4.79 Å². The zero-order chi connectivity index (χ0) is 23.9. The van der Waals surface area contributed by atoms with Gasteiger partial charge in [-0.15, -0.1) is 0 Å². The summed E-state index contributed by atoms with van der Waals surface area (Å²) in [4.78, 5) is 19.6. The topological polar surface area (TPSA) is 39.9 Å². The molecular formula is C26H26F3N3O2. The first-order valence-corrected chi connectivity index (χ1v) is 11.4. The number of furan rings is 1. The summed E-state index contributed by atoms with van der Waals surface area (Å²) < 4.78 is 45.7. The monoisotopic (exact) mass is 469 g/mol. The minimum absolute atomic E-state index is 0.0932. The third kappa shape index (κ3) is 4.24. The molecule has 1 amide bonds. The summed E-state index contributed by atoms with van der Waals surface area (Å²) in [5, 5.41) is 0. The molecule has 0 N–H and O–H groups in total. The molecule has 1 fully saturated rings. The molecule has 0 bridgehead atoms. The Kier molecular flexibility index (Phi) is 5.75. The molecule has 0 aliphatic carbocycles. The Morgan fingerprint density at radius 3 is 2.59 bits per heavy atom. The van der Waals surface area contributed by atoms with Crippen LogP contribution in [0.1, 0.15) is 16.9 Å². The normalized spacial score (nSPS) is 20.0. The van der Waals surface area contributed by atoms with Crippen molar-refractivity contribution in [3.8, 4) is 0 Å². The molecule has 1 aromatic heterocycles. The van der Waals surface area contributed by atoms with Crippen LogP contribution in [0.3, 0.4) is 0 Å². The number of hydrogen-bond donors (Lipinski definition) is 0. The van der Waals surface area contributed by atoms with Gasteiger partial charge in [-0.25, -0.2) is 0 Å². The molecule has 0 spiro atoms. The van der Waals surface area contributed by atoms with Gasteiger partial charge in [-0.2, -0.15) is 13.2 Å². The van der Waals surface area contributed by atoms with Gasteiger partial charge in [0.25, 0.3) is 0 Å². The van der Waals surface area contributed by atoms with Crippen LogP contribution in [0.2, 0.25) is 0 Å². The van der Waals surface area contributed by atoms with Crippen molar-refractivity contribution in [1.82, 2.24) is 4.90 Å². The van der Waals surface area contributed by atoms with Gasteiger partial charge < -0.3 is 19.1 Å². The van der Waals surface area contributed by atoms with E-state index >= 15 is 0 Å². The predicted molar refractivity (Wildman–Crippen MR) is 124 cm³/mol. The molecule has 5 rings (SSSR count). The number of carbonyl (C=O) groups excluding carboxylic acids is 1. The number of piperazine rings is 1. The fraction of sp³-hybridized carbons (Fsp3) is 0.346. The van der Waals surface area contributed by atoms with Crippen LogP contribution in [0, 0.1) is 5.92 Å². The average Bonchev–Trinajstić information content (AvgIpc) is 3.35. The van der Waals surface area contributed by atoms with Crippen LogP contribution < -0.4 is 9.80 Å². The third-order valence-electron chi connectivity index (χ3n) is 6.83. The van der Waals surface area contributed by atoms with Crippen LogP contribution in [-0.2, 0) is 23.9 Å². The molecule has 8 heteroatoms. The van der Waals surface area contributed by atoms with E-state index in [0.29, 0.717) is 31.0 Å². The van der Waals surface area contributed by atoms with E-state index in [1.807, 2.05) is 30.3 Å². The number of fused-ring (bicyclic) bond motifs is 3. The molecular weight excluding hydrogens is 443 g/mol. The molecule has 34 heavy (non-hydrogen) atoms. The van der Waals surface area contributed by atoms with Gasteiger partial charge in [0.15, 0.2) is 0 Å². The van der Waals surface area contributed by atoms with E-state index in [1.54, 1.807) is 36.4 Å². The van der Waals surface area contributed by atoms with Crippen molar-refractivity contribution in [1.29, 1.82) is 0 Å². The molecule has 3 aromatic rings. The lowest BCUT2D eigenvalue weighted by molar-refractivity contribution is -0.137. The van der Waals surface area contributed by atoms with Gasteiger partial charge in [-0.05, 0) is 54.4 Å². The van der Waals surface area contributed by atoms with E-state index in [9.17, 15) is 18.0 Å². The summed E-state index contributed by atoms with van der Waals surface area (Å²) in [6.07, 6.45) is -2.60. The fourth-order valence-electron chi connectivity index (χ4n) is 5.15. The smallest absolute Gasteiger partial charge is 0.416 e. The summed E-state index contributed by atoms with van der Waals surface area (Å²) in [6, 6.07) is 17.4. The number of alkyl halides is 3. The second-order valence-corrected chi connectivity index (χ2v) is 8.97. The Balaban J connectivity index is 1.48. The molecule has 2 unspecified atom stereocenters. The highest BCUT2D eigenvalue weighted by Gasteiger charge is 2.43. The van der Waals surface area contributed by atoms with Gasteiger partial charge in [0.05, 0.1) is 30.3 Å². The van der Waals surface area contributed by atoms with E-state index in [4.69, 9.17) is 4.42 Å². The molecule has 2 aromatic carbocycles. The highest BCUT2D eigenvalue weighted by atomic mass is 19.4. The number of carbonyl (C=O) groups is 1. The van der Waals surface area contributed by atoms with Crippen LogP contribution in [0.5, 0.6) is 0 Å². The standard InChI is InChI=1S/C26H26F3N3O2/c1-30(16-21-8-5-13-34-21)25(33)22-15-18-14-19(26(27,28)29)9-10-23(18)32-12-11-31(17-24(22)32)20-6-3-2-4-7-20/h2-10,13-14,22,24H,11-12,15-17H2,1H3. The van der Waals surface area contributed by atoms with Crippen molar-refractivity contribution in [3.63, 3.8) is 0 Å². The first-order valence-electron chi connectivity index (χ1n) is 11.4. The van der Waals surface area contributed by atoms with Crippen LogP contribution in [0.25, 0.3) is 0 Å². The second kappa shape index (κ2) is 8.74. The number of nitrogens with zero attached hydrogens (tertiary/aromatic N) is 3. The summed E-state index contributed by atoms with van der Waals surface area (Å²) in [7, 11) is 1.72. The molecule has 5 nitrogen and oxygen atoms in total. The van der Waals surface area contributed by atoms with Crippen molar-refractivity contribution >= 4 is 17.3 Å². The lowest BCUT2D eigenvalue weighted by atomic mass is 9.82. The minimum atomic E-state index is -4.42. The summed E-state index contributed by atoms with van der Waals surface area (Å²) in [5.41, 5.74) is 1.77. The number of hydrogen-bond acceptors (Lipinski definition) is 4. The van der Waals surface area contributed by atoms with Gasteiger partial charge in [0.2, 0.25) is 5.91 Å². The predicted octanol–water partition coefficient (Wildman–Crippen LogP) is 4.82. The van der Waals surface area contributed by atoms with E-state index in [-0.39, 0.29) is 18.4 Å². The average molecular weight is 470 g/mol. The maximum Gasteiger partial charge on any atom is 0.416 e. The van der Waals surface area contributed by atoms with Crippen LogP contribution in [0.4, 0.5) is 24.5 Å². The maximum absolute atomic E-state index is 13.6. The number of anilines is 2. The second-order valence-electron chi connectivity index (χ2n) is 8.97. The summed E-state index contributed by atoms with van der Waals surface area (Å²) >= 11 is 0. The molecule has 3 heterocycles. The number of para-hydroxylation sites is 1. The zero-order valence-corrected chi connectivity index (χ0v) is 18.8. The number of rotatable bonds is 4. The lowest BCUT2D eigenvalue weighted by Crippen LogP contribution is -2.61. The summed E-state index contributed by atoms with van der Waals surface area (Å²) in [6.45, 7) is 2.29. The first kappa shape index (κ1) is 22.4. The zero-order valence-electron chi connectivity index (χ0n) is 18.8. The Labute approximate surface area is 196 Å². The SMILES string of the molecule is CN(Cc1ccco1)C(=O)C1Cc2cc(C(F)(F)F)ccc2N2CCN(c3ccccc3)CC12. The van der Waals surface area contributed by atoms with E-state index in [1.165, 1.54) is 6.07 Å². The quantitative estimate of drug-likeness (QED) is 0.549. The van der Waals surface area contributed by atoms with Crippen molar-refractivity contribution in [2.75, 3.05) is 36.5 Å². The Morgan fingerprint density at radius 2 is 1.88 bits per heavy atom. The van der Waals surface area contributed by atoms with Gasteiger partial charge in [-0.1, -0.05) is 18.2 Å². The van der Waals surface area contributed by atoms with Gasteiger partial charge >= 0.3 is 6.18 Å². The number of benzene rings is 2. The minimum Gasteiger partial charge on any atom is -0.467 e. The third-order valence-corrected chi connectivity index (χ3v) is 6.83. The van der Waals surface area contributed by atoms with Crippen LogP contribution >= 0.6 is 0 Å². The Bertz CT molecular complexity index is 1150. The molecule has 0 saturated carbocycles. The molecule has 178 valence electrons. The van der Waals surface area contributed by atoms with Crippen molar-refractivity contribution in [2.45, 2.75) is 25.2 Å². The van der Waals surface area contributed by atoms with Gasteiger partial charge in [0.1, 0.15) is 5.76 Å². The summed E-state index contributed by atoms with van der Waals surface area (Å²) in [5.74, 6) is 0.102. The fourth-order valence-corrected chi connectivity index (χ4v) is 5.15. The largest absolute Gasteiger partial charge is 0.467 e. The molecule has 2 aliphatic heterocycles. The molecule has 0 radical (unpaired) electrons. The van der Waals surface area contributed by atoms with Crippen molar-refractivity contribution in [3.05, 3.63) is 83.8 Å². The van der Waals surface area contributed by atoms with Crippen LogP contribution in [-0.4, -0.2) is 43.5 Å². The Morgan fingerprint density at radius 1 is 1.09 bits per heavy atom.